The molecule has 4 heterocycles. The van der Waals surface area contributed by atoms with E-state index < -0.39 is 5.60 Å². The first kappa shape index (κ1) is 27.3. The maximum Gasteiger partial charge on any atom is 0.279 e. The van der Waals surface area contributed by atoms with Crippen molar-refractivity contribution in [1.82, 2.24) is 24.6 Å². The number of ether oxygens (including phenoxy) is 1. The van der Waals surface area contributed by atoms with Crippen molar-refractivity contribution < 1.29 is 14.2 Å². The number of H-pyrrole nitrogens is 1. The second kappa shape index (κ2) is 11.2. The molecule has 0 amide bonds. The lowest BCUT2D eigenvalue weighted by molar-refractivity contribution is -0.0236. The van der Waals surface area contributed by atoms with Gasteiger partial charge in [-0.1, -0.05) is 6.07 Å². The molecule has 1 aromatic carbocycles. The normalized spacial score (nSPS) is 18.2. The third kappa shape index (κ3) is 5.78. The summed E-state index contributed by atoms with van der Waals surface area (Å²) in [6.07, 6.45) is 2.83. The van der Waals surface area contributed by atoms with Gasteiger partial charge in [0.15, 0.2) is 5.52 Å². The Morgan fingerprint density at radius 3 is 2.54 bits per heavy atom. The molecule has 2 aromatic heterocycles. The number of anilines is 1. The number of piperidine rings is 1. The largest absolute Gasteiger partial charge is 0.389 e. The predicted octanol–water partition coefficient (Wildman–Crippen LogP) is 2.05. The van der Waals surface area contributed by atoms with E-state index in [0.29, 0.717) is 63.2 Å². The van der Waals surface area contributed by atoms with E-state index in [9.17, 15) is 14.3 Å². The molecule has 0 bridgehead atoms. The SMILES string of the molecule is Cl.Cl.Cn1nc2c(=O)[nH]cnc2c1CC1(O)CCN(Cc2ccc(N3CCOCC3)cc2F)CC1. The second-order valence-electron chi connectivity index (χ2n) is 9.05. The van der Waals surface area contributed by atoms with Crippen LogP contribution >= 0.6 is 24.8 Å². The lowest BCUT2D eigenvalue weighted by Gasteiger charge is -2.38. The number of likely N-dealkylation sites (tertiary alicyclic amines) is 1. The fourth-order valence-corrected chi connectivity index (χ4v) is 4.80. The molecule has 2 fully saturated rings. The van der Waals surface area contributed by atoms with E-state index >= 15 is 0 Å². The van der Waals surface area contributed by atoms with Crippen molar-refractivity contribution in [2.24, 2.45) is 7.05 Å². The van der Waals surface area contributed by atoms with E-state index in [4.69, 9.17) is 4.74 Å². The molecule has 0 aliphatic carbocycles. The van der Waals surface area contributed by atoms with Crippen LogP contribution in [0.4, 0.5) is 10.1 Å². The van der Waals surface area contributed by atoms with Crippen LogP contribution in [0.1, 0.15) is 24.1 Å². The van der Waals surface area contributed by atoms with Gasteiger partial charge in [-0.25, -0.2) is 9.37 Å². The molecular formula is C23H31Cl2FN6O3. The summed E-state index contributed by atoms with van der Waals surface area (Å²) in [4.78, 5) is 23.1. The molecule has 12 heteroatoms. The summed E-state index contributed by atoms with van der Waals surface area (Å²) >= 11 is 0. The molecule has 2 aliphatic heterocycles. The van der Waals surface area contributed by atoms with Crippen LogP contribution in [0.2, 0.25) is 0 Å². The summed E-state index contributed by atoms with van der Waals surface area (Å²) in [5, 5.41) is 15.5. The minimum absolute atomic E-state index is 0. The number of halogens is 3. The van der Waals surface area contributed by atoms with Crippen molar-refractivity contribution in [2.45, 2.75) is 31.4 Å². The number of nitrogens with one attached hydrogen (secondary N) is 1. The highest BCUT2D eigenvalue weighted by Gasteiger charge is 2.34. The van der Waals surface area contributed by atoms with E-state index in [-0.39, 0.29) is 41.7 Å². The Bertz CT molecular complexity index is 1210. The van der Waals surface area contributed by atoms with Crippen molar-refractivity contribution in [3.8, 4) is 0 Å². The fourth-order valence-electron chi connectivity index (χ4n) is 4.80. The van der Waals surface area contributed by atoms with Gasteiger partial charge in [0.1, 0.15) is 11.3 Å². The monoisotopic (exact) mass is 528 g/mol. The smallest absolute Gasteiger partial charge is 0.279 e. The van der Waals surface area contributed by atoms with Crippen molar-refractivity contribution in [3.05, 3.63) is 52.0 Å². The summed E-state index contributed by atoms with van der Waals surface area (Å²) in [5.74, 6) is -0.197. The van der Waals surface area contributed by atoms with E-state index in [0.717, 1.165) is 24.5 Å². The molecule has 2 N–H and O–H groups in total. The fraction of sp³-hybridized carbons (Fsp3) is 0.522. The minimum Gasteiger partial charge on any atom is -0.389 e. The van der Waals surface area contributed by atoms with Gasteiger partial charge in [0, 0.05) is 57.4 Å². The Balaban J connectivity index is 0.00000171. The van der Waals surface area contributed by atoms with Gasteiger partial charge >= 0.3 is 0 Å². The van der Waals surface area contributed by atoms with E-state index in [1.165, 1.54) is 6.33 Å². The molecule has 35 heavy (non-hydrogen) atoms. The molecule has 0 radical (unpaired) electrons. The van der Waals surface area contributed by atoms with Crippen LogP contribution in [0.5, 0.6) is 0 Å². The van der Waals surface area contributed by atoms with Crippen molar-refractivity contribution in [1.29, 1.82) is 0 Å². The second-order valence-corrected chi connectivity index (χ2v) is 9.05. The number of rotatable bonds is 5. The number of aromatic nitrogens is 4. The summed E-state index contributed by atoms with van der Waals surface area (Å²) in [6, 6.07) is 5.46. The third-order valence-electron chi connectivity index (χ3n) is 6.83. The number of aryl methyl sites for hydroxylation is 1. The summed E-state index contributed by atoms with van der Waals surface area (Å²) in [7, 11) is 1.76. The number of aromatic amines is 1. The van der Waals surface area contributed by atoms with Crippen LogP contribution in [-0.2, 0) is 24.8 Å². The van der Waals surface area contributed by atoms with Gasteiger partial charge in [0.05, 0.1) is 30.8 Å². The number of morpholine rings is 1. The lowest BCUT2D eigenvalue weighted by Crippen LogP contribution is -2.45. The number of nitrogens with zero attached hydrogens (tertiary/aromatic N) is 5. The van der Waals surface area contributed by atoms with E-state index in [2.05, 4.69) is 24.9 Å². The lowest BCUT2D eigenvalue weighted by atomic mass is 9.86. The van der Waals surface area contributed by atoms with Crippen LogP contribution in [0.3, 0.4) is 0 Å². The standard InChI is InChI=1S/C23H29FN6O3.2ClH/c1-28-19(20-21(27-28)22(31)26-15-25-20)13-23(32)4-6-29(7-5-23)14-16-2-3-17(12-18(16)24)30-8-10-33-11-9-30;;/h2-3,12,15,32H,4-11,13-14H2,1H3,(H,25,26,31);2*1H. The molecular weight excluding hydrogens is 498 g/mol. The molecule has 5 rings (SSSR count). The van der Waals surface area contributed by atoms with Gasteiger partial charge in [-0.2, -0.15) is 5.10 Å². The molecule has 9 nitrogen and oxygen atoms in total. The topological polar surface area (TPSA) is 99.5 Å². The predicted molar refractivity (Wildman–Crippen MR) is 136 cm³/mol. The Morgan fingerprint density at radius 1 is 1.14 bits per heavy atom. The summed E-state index contributed by atoms with van der Waals surface area (Å²) < 4.78 is 21.8. The third-order valence-corrected chi connectivity index (χ3v) is 6.83. The molecule has 0 atom stereocenters. The number of benzene rings is 1. The van der Waals surface area contributed by atoms with Crippen LogP contribution in [-0.4, -0.2) is 74.7 Å². The zero-order valence-electron chi connectivity index (χ0n) is 19.6. The average Bonchev–Trinajstić information content (AvgIpc) is 3.13. The first-order valence-electron chi connectivity index (χ1n) is 11.4. The zero-order valence-corrected chi connectivity index (χ0v) is 21.2. The summed E-state index contributed by atoms with van der Waals surface area (Å²) in [5.41, 5.74) is 1.91. The quantitative estimate of drug-likeness (QED) is 0.522. The molecule has 3 aromatic rings. The molecule has 0 unspecified atom stereocenters. The maximum atomic E-state index is 14.8. The van der Waals surface area contributed by atoms with E-state index in [1.807, 2.05) is 12.1 Å². The molecule has 192 valence electrons. The van der Waals surface area contributed by atoms with Gasteiger partial charge in [-0.15, -0.1) is 24.8 Å². The number of fused-ring (bicyclic) bond motifs is 1. The van der Waals surface area contributed by atoms with Crippen LogP contribution in [0, 0.1) is 5.82 Å². The van der Waals surface area contributed by atoms with Crippen molar-refractivity contribution >= 4 is 41.5 Å². The number of aliphatic hydroxyl groups is 1. The van der Waals surface area contributed by atoms with Crippen molar-refractivity contribution in [3.63, 3.8) is 0 Å². The average molecular weight is 529 g/mol. The Morgan fingerprint density at radius 2 is 1.86 bits per heavy atom. The molecule has 0 spiro atoms. The maximum absolute atomic E-state index is 14.8. The van der Waals surface area contributed by atoms with Crippen LogP contribution < -0.4 is 10.5 Å². The Labute approximate surface area is 215 Å². The minimum atomic E-state index is -0.916. The van der Waals surface area contributed by atoms with E-state index in [1.54, 1.807) is 17.8 Å². The van der Waals surface area contributed by atoms with Gasteiger partial charge in [-0.05, 0) is 25.0 Å². The molecule has 2 aliphatic rings. The highest BCUT2D eigenvalue weighted by Crippen LogP contribution is 2.29. The van der Waals surface area contributed by atoms with Gasteiger partial charge in [0.25, 0.3) is 5.56 Å². The Hall–Kier alpha value is -2.24. The van der Waals surface area contributed by atoms with Gasteiger partial charge in [0.2, 0.25) is 0 Å². The zero-order chi connectivity index (χ0) is 23.0. The highest BCUT2D eigenvalue weighted by atomic mass is 35.5. The van der Waals surface area contributed by atoms with Gasteiger partial charge in [-0.3, -0.25) is 14.4 Å². The molecule has 2 saturated heterocycles. The Kier molecular flexibility index (Phi) is 8.76. The first-order chi connectivity index (χ1) is 15.9. The van der Waals surface area contributed by atoms with Crippen LogP contribution in [0.25, 0.3) is 11.0 Å². The molecule has 0 saturated carbocycles. The first-order valence-corrected chi connectivity index (χ1v) is 11.4. The van der Waals surface area contributed by atoms with Crippen molar-refractivity contribution in [2.75, 3.05) is 44.3 Å². The number of hydrogen-bond acceptors (Lipinski definition) is 7. The number of hydrogen-bond donors (Lipinski definition) is 2. The highest BCUT2D eigenvalue weighted by molar-refractivity contribution is 5.85. The van der Waals surface area contributed by atoms with Gasteiger partial charge < -0.3 is 19.7 Å². The summed E-state index contributed by atoms with van der Waals surface area (Å²) in [6.45, 7) is 4.72. The van der Waals surface area contributed by atoms with Crippen LogP contribution in [0.15, 0.2) is 29.3 Å².